The average molecular weight is 571 g/mol. The van der Waals surface area contributed by atoms with E-state index < -0.39 is 0 Å². The fourth-order valence-corrected chi connectivity index (χ4v) is 5.95. The SMILES string of the molecule is CCCCCCCCCCCCCCOc1c(Cl)cccc1CC(=O)Nc1ccccc1CN1C=C(C)SC1. The molecule has 6 heteroatoms. The van der Waals surface area contributed by atoms with Gasteiger partial charge in [0.05, 0.1) is 23.9 Å². The van der Waals surface area contributed by atoms with Crippen molar-refractivity contribution in [2.75, 3.05) is 17.8 Å². The summed E-state index contributed by atoms with van der Waals surface area (Å²) in [6.45, 7) is 5.79. The van der Waals surface area contributed by atoms with Gasteiger partial charge < -0.3 is 15.0 Å². The number of carbonyl (C=O) groups is 1. The molecule has 214 valence electrons. The first kappa shape index (κ1) is 31.4. The molecular weight excluding hydrogens is 524 g/mol. The number of nitrogens with zero attached hydrogens (tertiary/aromatic N) is 1. The highest BCUT2D eigenvalue weighted by molar-refractivity contribution is 8.03. The highest BCUT2D eigenvalue weighted by Gasteiger charge is 2.16. The Morgan fingerprint density at radius 2 is 1.54 bits per heavy atom. The normalized spacial score (nSPS) is 13.0. The Morgan fingerprint density at radius 3 is 2.21 bits per heavy atom. The number of anilines is 1. The van der Waals surface area contributed by atoms with Gasteiger partial charge >= 0.3 is 0 Å². The molecule has 0 atom stereocenters. The number of allylic oxidation sites excluding steroid dienone is 1. The number of halogens is 1. The van der Waals surface area contributed by atoms with Gasteiger partial charge in [-0.3, -0.25) is 4.79 Å². The highest BCUT2D eigenvalue weighted by Crippen LogP contribution is 2.31. The third-order valence-electron chi connectivity index (χ3n) is 7.13. The molecule has 1 heterocycles. The number of nitrogens with one attached hydrogen (secondary N) is 1. The van der Waals surface area contributed by atoms with Crippen LogP contribution in [0.2, 0.25) is 5.02 Å². The number of unbranched alkanes of at least 4 members (excludes halogenated alkanes) is 11. The number of rotatable bonds is 19. The molecule has 4 nitrogen and oxygen atoms in total. The molecule has 1 amide bonds. The Labute approximate surface area is 245 Å². The van der Waals surface area contributed by atoms with Gasteiger partial charge in [0.1, 0.15) is 5.75 Å². The predicted molar refractivity (Wildman–Crippen MR) is 169 cm³/mol. The van der Waals surface area contributed by atoms with Gasteiger partial charge in [0.2, 0.25) is 5.91 Å². The summed E-state index contributed by atoms with van der Waals surface area (Å²) < 4.78 is 6.11. The van der Waals surface area contributed by atoms with Gasteiger partial charge in [-0.2, -0.15) is 0 Å². The first-order chi connectivity index (χ1) is 19.1. The van der Waals surface area contributed by atoms with Crippen molar-refractivity contribution in [3.05, 3.63) is 69.7 Å². The van der Waals surface area contributed by atoms with E-state index in [2.05, 4.69) is 36.3 Å². The number of para-hydroxylation sites is 2. The van der Waals surface area contributed by atoms with Crippen molar-refractivity contribution in [1.82, 2.24) is 4.90 Å². The van der Waals surface area contributed by atoms with Gasteiger partial charge in [-0.15, -0.1) is 11.8 Å². The number of hydrogen-bond acceptors (Lipinski definition) is 4. The summed E-state index contributed by atoms with van der Waals surface area (Å²) in [6.07, 6.45) is 18.1. The second kappa shape index (κ2) is 18.3. The molecule has 0 spiro atoms. The molecule has 3 rings (SSSR count). The molecular formula is C33H47ClN2O2S. The zero-order valence-electron chi connectivity index (χ0n) is 24.0. The van der Waals surface area contributed by atoms with Crippen LogP contribution in [0.5, 0.6) is 5.75 Å². The maximum atomic E-state index is 13.0. The van der Waals surface area contributed by atoms with E-state index >= 15 is 0 Å². The third-order valence-corrected chi connectivity index (χ3v) is 8.45. The zero-order chi connectivity index (χ0) is 27.7. The lowest BCUT2D eigenvalue weighted by Crippen LogP contribution is -2.19. The molecule has 0 aromatic heterocycles. The maximum absolute atomic E-state index is 13.0. The lowest BCUT2D eigenvalue weighted by Gasteiger charge is -2.18. The molecule has 0 radical (unpaired) electrons. The summed E-state index contributed by atoms with van der Waals surface area (Å²) >= 11 is 8.33. The van der Waals surface area contributed by atoms with Gasteiger partial charge in [-0.1, -0.05) is 119 Å². The van der Waals surface area contributed by atoms with Crippen molar-refractivity contribution in [2.24, 2.45) is 0 Å². The molecule has 0 saturated heterocycles. The van der Waals surface area contributed by atoms with E-state index in [-0.39, 0.29) is 12.3 Å². The van der Waals surface area contributed by atoms with Crippen LogP contribution in [-0.2, 0) is 17.8 Å². The summed E-state index contributed by atoms with van der Waals surface area (Å²) in [5.74, 6) is 1.51. The van der Waals surface area contributed by atoms with Crippen molar-refractivity contribution in [2.45, 2.75) is 104 Å². The van der Waals surface area contributed by atoms with Crippen LogP contribution < -0.4 is 10.1 Å². The van der Waals surface area contributed by atoms with Crippen molar-refractivity contribution in [3.63, 3.8) is 0 Å². The van der Waals surface area contributed by atoms with Gasteiger partial charge in [0, 0.05) is 24.0 Å². The minimum atomic E-state index is -0.0672. The largest absolute Gasteiger partial charge is 0.492 e. The van der Waals surface area contributed by atoms with E-state index in [1.54, 1.807) is 0 Å². The van der Waals surface area contributed by atoms with Crippen LogP contribution in [0.15, 0.2) is 53.6 Å². The minimum absolute atomic E-state index is 0.0672. The number of thioether (sulfide) groups is 1. The molecule has 2 aromatic rings. The van der Waals surface area contributed by atoms with Crippen LogP contribution in [0.3, 0.4) is 0 Å². The van der Waals surface area contributed by atoms with Crippen molar-refractivity contribution >= 4 is 35.0 Å². The van der Waals surface area contributed by atoms with Gasteiger partial charge in [-0.25, -0.2) is 0 Å². The molecule has 0 unspecified atom stereocenters. The molecule has 0 saturated carbocycles. The Balaban J connectivity index is 1.39. The zero-order valence-corrected chi connectivity index (χ0v) is 25.6. The van der Waals surface area contributed by atoms with E-state index in [4.69, 9.17) is 16.3 Å². The lowest BCUT2D eigenvalue weighted by molar-refractivity contribution is -0.115. The van der Waals surface area contributed by atoms with Crippen molar-refractivity contribution < 1.29 is 9.53 Å². The predicted octanol–water partition coefficient (Wildman–Crippen LogP) is 9.97. The number of amides is 1. The van der Waals surface area contributed by atoms with Crippen LogP contribution in [0, 0.1) is 0 Å². The highest BCUT2D eigenvalue weighted by atomic mass is 35.5. The molecule has 1 aliphatic rings. The van der Waals surface area contributed by atoms with Crippen LogP contribution in [0.25, 0.3) is 0 Å². The summed E-state index contributed by atoms with van der Waals surface area (Å²) in [6, 6.07) is 13.7. The summed E-state index contributed by atoms with van der Waals surface area (Å²) in [7, 11) is 0. The summed E-state index contributed by atoms with van der Waals surface area (Å²) in [5.41, 5.74) is 2.78. The Hall–Kier alpha value is -2.11. The molecule has 0 aliphatic carbocycles. The average Bonchev–Trinajstić information content (AvgIpc) is 3.33. The van der Waals surface area contributed by atoms with E-state index in [0.29, 0.717) is 17.4 Å². The molecule has 2 aromatic carbocycles. The molecule has 0 bridgehead atoms. The van der Waals surface area contributed by atoms with Crippen LogP contribution in [0.4, 0.5) is 5.69 Å². The van der Waals surface area contributed by atoms with Crippen molar-refractivity contribution in [1.29, 1.82) is 0 Å². The van der Waals surface area contributed by atoms with Gasteiger partial charge in [0.25, 0.3) is 0 Å². The fraction of sp³-hybridized carbons (Fsp3) is 0.545. The van der Waals surface area contributed by atoms with Crippen LogP contribution >= 0.6 is 23.4 Å². The minimum Gasteiger partial charge on any atom is -0.492 e. The number of carbonyl (C=O) groups excluding carboxylic acids is 1. The second-order valence-electron chi connectivity index (χ2n) is 10.6. The third kappa shape index (κ3) is 11.9. The molecule has 1 aliphatic heterocycles. The van der Waals surface area contributed by atoms with Gasteiger partial charge in [0.15, 0.2) is 0 Å². The summed E-state index contributed by atoms with van der Waals surface area (Å²) in [5, 5.41) is 3.68. The van der Waals surface area contributed by atoms with E-state index in [9.17, 15) is 4.79 Å². The van der Waals surface area contributed by atoms with E-state index in [1.807, 2.05) is 48.2 Å². The molecule has 1 N–H and O–H groups in total. The maximum Gasteiger partial charge on any atom is 0.228 e. The Kier molecular flexibility index (Phi) is 14.7. The smallest absolute Gasteiger partial charge is 0.228 e. The number of hydrogen-bond donors (Lipinski definition) is 1. The van der Waals surface area contributed by atoms with E-state index in [0.717, 1.165) is 42.1 Å². The molecule has 39 heavy (non-hydrogen) atoms. The molecule has 0 fully saturated rings. The standard InChI is InChI=1S/C33H47ClN2O2S/c1-3-4-5-6-7-8-9-10-11-12-13-16-22-38-33-28(19-17-20-30(33)34)23-32(37)35-31-21-15-14-18-29(31)25-36-24-27(2)39-26-36/h14-15,17-21,24H,3-13,16,22-23,25-26H2,1-2H3,(H,35,37). The first-order valence-corrected chi connectivity index (χ1v) is 16.3. The van der Waals surface area contributed by atoms with Crippen LogP contribution in [-0.4, -0.2) is 23.3 Å². The topological polar surface area (TPSA) is 41.6 Å². The van der Waals surface area contributed by atoms with Gasteiger partial charge in [-0.05, 0) is 35.9 Å². The first-order valence-electron chi connectivity index (χ1n) is 14.9. The fourth-order valence-electron chi connectivity index (χ4n) is 4.95. The van der Waals surface area contributed by atoms with Crippen molar-refractivity contribution in [3.8, 4) is 5.75 Å². The van der Waals surface area contributed by atoms with E-state index in [1.165, 1.54) is 69.1 Å². The quantitative estimate of drug-likeness (QED) is 0.171. The Morgan fingerprint density at radius 1 is 0.897 bits per heavy atom. The number of benzene rings is 2. The number of ether oxygens (including phenoxy) is 1. The Bertz CT molecular complexity index is 1040. The lowest BCUT2D eigenvalue weighted by atomic mass is 10.1. The second-order valence-corrected chi connectivity index (χ2v) is 12.2. The monoisotopic (exact) mass is 570 g/mol. The van der Waals surface area contributed by atoms with Crippen LogP contribution in [0.1, 0.15) is 102 Å². The summed E-state index contributed by atoms with van der Waals surface area (Å²) in [4.78, 5) is 16.6.